The van der Waals surface area contributed by atoms with E-state index in [0.717, 1.165) is 0 Å². The van der Waals surface area contributed by atoms with E-state index in [0.29, 0.717) is 0 Å². The molecule has 66 valence electrons. The molecule has 0 radical (unpaired) electrons. The molecular formula is C7H17NO2Si. The van der Waals surface area contributed by atoms with Gasteiger partial charge >= 0.3 is 5.97 Å². The second kappa shape index (κ2) is 2.95. The highest BCUT2D eigenvalue weighted by molar-refractivity contribution is 6.71. The van der Waals surface area contributed by atoms with Crippen LogP contribution in [-0.4, -0.2) is 19.8 Å². The summed E-state index contributed by atoms with van der Waals surface area (Å²) in [5.41, 5.74) is 4.67. The Bertz CT molecular complexity index is 155. The van der Waals surface area contributed by atoms with E-state index in [1.165, 1.54) is 0 Å². The molecule has 0 fully saturated rings. The Labute approximate surface area is 69.0 Å². The van der Waals surface area contributed by atoms with Gasteiger partial charge in [-0.2, -0.15) is 0 Å². The van der Waals surface area contributed by atoms with Crippen LogP contribution in [0.25, 0.3) is 0 Å². The third-order valence-corrected chi connectivity index (χ3v) is 1.72. The molecule has 0 atom stereocenters. The van der Waals surface area contributed by atoms with Crippen molar-refractivity contribution in [1.29, 1.82) is 0 Å². The SMILES string of the molecule is CC(C)(N)C(=O)O[Si](C)(C)C. The fraction of sp³-hybridized carbons (Fsp3) is 0.857. The van der Waals surface area contributed by atoms with Gasteiger partial charge in [-0.05, 0) is 33.5 Å². The van der Waals surface area contributed by atoms with E-state index in [-0.39, 0.29) is 5.97 Å². The van der Waals surface area contributed by atoms with Crippen LogP contribution in [0.3, 0.4) is 0 Å². The van der Waals surface area contributed by atoms with Crippen molar-refractivity contribution in [1.82, 2.24) is 0 Å². The second-order valence-corrected chi connectivity index (χ2v) is 8.65. The molecule has 0 aliphatic carbocycles. The summed E-state index contributed by atoms with van der Waals surface area (Å²) in [5.74, 6) is -0.309. The fourth-order valence-corrected chi connectivity index (χ4v) is 1.23. The first-order valence-corrected chi connectivity index (χ1v) is 7.06. The summed E-state index contributed by atoms with van der Waals surface area (Å²) < 4.78 is 5.18. The summed E-state index contributed by atoms with van der Waals surface area (Å²) in [6, 6.07) is 0. The summed E-state index contributed by atoms with van der Waals surface area (Å²) in [5, 5.41) is 0. The average Bonchev–Trinajstić information content (AvgIpc) is 1.56. The Hall–Kier alpha value is -0.353. The Balaban J connectivity index is 4.11. The molecule has 0 amide bonds. The number of carbonyl (C=O) groups is 1. The molecule has 11 heavy (non-hydrogen) atoms. The largest absolute Gasteiger partial charge is 0.519 e. The maximum atomic E-state index is 11.2. The topological polar surface area (TPSA) is 52.3 Å². The van der Waals surface area contributed by atoms with Gasteiger partial charge in [0.25, 0.3) is 0 Å². The zero-order valence-electron chi connectivity index (χ0n) is 7.89. The zero-order chi connectivity index (χ0) is 9.28. The van der Waals surface area contributed by atoms with E-state index in [4.69, 9.17) is 10.2 Å². The van der Waals surface area contributed by atoms with Gasteiger partial charge in [0.1, 0.15) is 5.54 Å². The molecule has 0 spiro atoms. The van der Waals surface area contributed by atoms with Crippen LogP contribution in [0.15, 0.2) is 0 Å². The van der Waals surface area contributed by atoms with Crippen molar-refractivity contribution in [3.05, 3.63) is 0 Å². The minimum absolute atomic E-state index is 0.309. The van der Waals surface area contributed by atoms with Gasteiger partial charge in [0.05, 0.1) is 0 Å². The summed E-state index contributed by atoms with van der Waals surface area (Å²) in [6.07, 6.45) is 0. The van der Waals surface area contributed by atoms with Gasteiger partial charge in [0.2, 0.25) is 8.32 Å². The summed E-state index contributed by atoms with van der Waals surface area (Å²) >= 11 is 0. The molecular weight excluding hydrogens is 158 g/mol. The lowest BCUT2D eigenvalue weighted by Gasteiger charge is -2.24. The fourth-order valence-electron chi connectivity index (χ4n) is 0.410. The van der Waals surface area contributed by atoms with Crippen LogP contribution in [0.2, 0.25) is 19.6 Å². The predicted molar refractivity (Wildman–Crippen MR) is 47.7 cm³/mol. The Morgan fingerprint density at radius 2 is 1.73 bits per heavy atom. The average molecular weight is 175 g/mol. The van der Waals surface area contributed by atoms with E-state index in [1.54, 1.807) is 13.8 Å². The maximum Gasteiger partial charge on any atom is 0.312 e. The summed E-state index contributed by atoms with van der Waals surface area (Å²) in [7, 11) is -1.76. The van der Waals surface area contributed by atoms with Crippen LogP contribution in [0.1, 0.15) is 13.8 Å². The number of hydrogen-bond donors (Lipinski definition) is 1. The minimum Gasteiger partial charge on any atom is -0.519 e. The molecule has 0 heterocycles. The van der Waals surface area contributed by atoms with Crippen molar-refractivity contribution in [3.8, 4) is 0 Å². The highest BCUT2D eigenvalue weighted by Gasteiger charge is 2.29. The lowest BCUT2D eigenvalue weighted by molar-refractivity contribution is -0.139. The van der Waals surface area contributed by atoms with Crippen LogP contribution in [0, 0.1) is 0 Å². The van der Waals surface area contributed by atoms with E-state index in [1.807, 2.05) is 19.6 Å². The Kier molecular flexibility index (Phi) is 2.85. The van der Waals surface area contributed by atoms with Gasteiger partial charge in [-0.15, -0.1) is 0 Å². The van der Waals surface area contributed by atoms with Crippen molar-refractivity contribution >= 4 is 14.3 Å². The zero-order valence-corrected chi connectivity index (χ0v) is 8.89. The standard InChI is InChI=1S/C7H17NO2Si/c1-7(2,8)6(9)10-11(3,4)5/h8H2,1-5H3. The molecule has 0 saturated heterocycles. The molecule has 0 aromatic rings. The van der Waals surface area contributed by atoms with Crippen LogP contribution in [0.5, 0.6) is 0 Å². The molecule has 0 saturated carbocycles. The van der Waals surface area contributed by atoms with E-state index < -0.39 is 13.9 Å². The lowest BCUT2D eigenvalue weighted by Crippen LogP contribution is -2.47. The van der Waals surface area contributed by atoms with Crippen LogP contribution in [-0.2, 0) is 9.22 Å². The van der Waals surface area contributed by atoms with Crippen molar-refractivity contribution in [2.45, 2.75) is 39.0 Å². The van der Waals surface area contributed by atoms with Crippen LogP contribution in [0.4, 0.5) is 0 Å². The quantitative estimate of drug-likeness (QED) is 0.639. The molecule has 0 rings (SSSR count). The maximum absolute atomic E-state index is 11.2. The van der Waals surface area contributed by atoms with Gasteiger partial charge in [0.15, 0.2) is 0 Å². The molecule has 0 aromatic heterocycles. The number of hydrogen-bond acceptors (Lipinski definition) is 3. The predicted octanol–water partition coefficient (Wildman–Crippen LogP) is 1.10. The van der Waals surface area contributed by atoms with Gasteiger partial charge in [-0.1, -0.05) is 0 Å². The Morgan fingerprint density at radius 1 is 1.36 bits per heavy atom. The number of carbonyl (C=O) groups excluding carboxylic acids is 1. The number of nitrogens with two attached hydrogens (primary N) is 1. The Morgan fingerprint density at radius 3 is 1.82 bits per heavy atom. The van der Waals surface area contributed by atoms with Crippen LogP contribution >= 0.6 is 0 Å². The second-order valence-electron chi connectivity index (χ2n) is 4.22. The normalized spacial score (nSPS) is 12.9. The molecule has 0 aliphatic heterocycles. The van der Waals surface area contributed by atoms with Gasteiger partial charge in [-0.25, -0.2) is 0 Å². The van der Waals surface area contributed by atoms with E-state index in [9.17, 15) is 4.79 Å². The summed E-state index contributed by atoms with van der Waals surface area (Å²) in [4.78, 5) is 11.2. The third kappa shape index (κ3) is 4.98. The van der Waals surface area contributed by atoms with Crippen molar-refractivity contribution < 1.29 is 9.22 Å². The van der Waals surface area contributed by atoms with Crippen molar-refractivity contribution in [3.63, 3.8) is 0 Å². The molecule has 2 N–H and O–H groups in total. The van der Waals surface area contributed by atoms with E-state index >= 15 is 0 Å². The highest BCUT2D eigenvalue weighted by atomic mass is 28.4. The van der Waals surface area contributed by atoms with Crippen molar-refractivity contribution in [2.24, 2.45) is 5.73 Å². The lowest BCUT2D eigenvalue weighted by atomic mass is 10.1. The van der Waals surface area contributed by atoms with Gasteiger partial charge in [-0.3, -0.25) is 4.79 Å². The van der Waals surface area contributed by atoms with Gasteiger partial charge in [0, 0.05) is 0 Å². The minimum atomic E-state index is -1.76. The third-order valence-electron chi connectivity index (χ3n) is 0.925. The first kappa shape index (κ1) is 10.6. The summed E-state index contributed by atoms with van der Waals surface area (Å²) in [6.45, 7) is 9.16. The molecule has 0 unspecified atom stereocenters. The molecule has 0 bridgehead atoms. The molecule has 4 heteroatoms. The van der Waals surface area contributed by atoms with E-state index in [2.05, 4.69) is 0 Å². The smallest absolute Gasteiger partial charge is 0.312 e. The number of rotatable bonds is 2. The first-order chi connectivity index (χ1) is 4.63. The first-order valence-electron chi connectivity index (χ1n) is 3.65. The molecule has 0 aliphatic rings. The van der Waals surface area contributed by atoms with Crippen LogP contribution < -0.4 is 5.73 Å². The molecule has 3 nitrogen and oxygen atoms in total. The highest BCUT2D eigenvalue weighted by Crippen LogP contribution is 2.08. The van der Waals surface area contributed by atoms with Gasteiger partial charge < -0.3 is 10.2 Å². The monoisotopic (exact) mass is 175 g/mol. The molecule has 0 aromatic carbocycles. The van der Waals surface area contributed by atoms with Crippen molar-refractivity contribution in [2.75, 3.05) is 0 Å².